The molecule has 152 valence electrons. The van der Waals surface area contributed by atoms with Crippen LogP contribution in [-0.4, -0.2) is 24.5 Å². The van der Waals surface area contributed by atoms with E-state index in [1.54, 1.807) is 6.07 Å². The van der Waals surface area contributed by atoms with Crippen molar-refractivity contribution < 1.29 is 14.3 Å². The Kier molecular flexibility index (Phi) is 8.51. The lowest BCUT2D eigenvalue weighted by Gasteiger charge is -2.13. The first-order chi connectivity index (χ1) is 14.0. The molecule has 0 aliphatic heterocycles. The predicted molar refractivity (Wildman–Crippen MR) is 111 cm³/mol. The van der Waals surface area contributed by atoms with Crippen LogP contribution in [0.1, 0.15) is 31.4 Å². The fourth-order valence-electron chi connectivity index (χ4n) is 2.57. The molecule has 0 saturated heterocycles. The minimum Gasteiger partial charge on any atom is -0.489 e. The molecule has 7 heteroatoms. The monoisotopic (exact) mass is 394 g/mol. The number of rotatable bonds is 9. The van der Waals surface area contributed by atoms with Crippen molar-refractivity contribution in [3.8, 4) is 11.8 Å². The third kappa shape index (κ3) is 7.93. The molecule has 0 unspecified atom stereocenters. The fourth-order valence-corrected chi connectivity index (χ4v) is 2.57. The van der Waals surface area contributed by atoms with Crippen molar-refractivity contribution in [1.29, 1.82) is 5.26 Å². The van der Waals surface area contributed by atoms with E-state index in [2.05, 4.69) is 22.0 Å². The Balaban J connectivity index is 1.85. The number of nitrogens with zero attached hydrogens (tertiary/aromatic N) is 1. The number of amides is 3. The summed E-state index contributed by atoms with van der Waals surface area (Å²) in [5.74, 6) is 0.581. The Bertz CT molecular complexity index is 857. The smallest absolute Gasteiger partial charge is 0.319 e. The Morgan fingerprint density at radius 3 is 2.52 bits per heavy atom. The maximum Gasteiger partial charge on any atom is 0.319 e. The summed E-state index contributed by atoms with van der Waals surface area (Å²) in [7, 11) is 0. The van der Waals surface area contributed by atoms with Crippen LogP contribution in [0.3, 0.4) is 0 Å². The van der Waals surface area contributed by atoms with Crippen LogP contribution < -0.4 is 20.7 Å². The summed E-state index contributed by atoms with van der Waals surface area (Å²) < 4.78 is 5.79. The Morgan fingerprint density at radius 1 is 1.10 bits per heavy atom. The van der Waals surface area contributed by atoms with Crippen LogP contribution >= 0.6 is 0 Å². The minimum atomic E-state index is -0.379. The van der Waals surface area contributed by atoms with Crippen LogP contribution in [0.25, 0.3) is 0 Å². The normalized spacial score (nSPS) is 10.1. The highest BCUT2D eigenvalue weighted by atomic mass is 16.5. The van der Waals surface area contributed by atoms with E-state index in [1.165, 1.54) is 0 Å². The van der Waals surface area contributed by atoms with Crippen molar-refractivity contribution in [2.24, 2.45) is 0 Å². The number of nitrogens with one attached hydrogen (secondary N) is 3. The summed E-state index contributed by atoms with van der Waals surface area (Å²) in [5, 5.41) is 17.0. The summed E-state index contributed by atoms with van der Waals surface area (Å²) in [6, 6.07) is 16.5. The number of hydrogen-bond acceptors (Lipinski definition) is 4. The number of nitriles is 1. The first kappa shape index (κ1) is 21.8. The molecule has 0 heterocycles. The summed E-state index contributed by atoms with van der Waals surface area (Å²) in [5.41, 5.74) is 2.39. The van der Waals surface area contributed by atoms with Crippen molar-refractivity contribution in [1.82, 2.24) is 10.6 Å². The number of carbonyl (C=O) groups is 2. The number of urea groups is 1. The third-order valence-corrected chi connectivity index (χ3v) is 3.95. The van der Waals surface area contributed by atoms with Gasteiger partial charge in [0.2, 0.25) is 5.91 Å². The van der Waals surface area contributed by atoms with Gasteiger partial charge in [-0.25, -0.2) is 4.79 Å². The van der Waals surface area contributed by atoms with Crippen molar-refractivity contribution in [3.05, 3.63) is 59.7 Å². The van der Waals surface area contributed by atoms with Gasteiger partial charge in [0.1, 0.15) is 12.4 Å². The Hall–Kier alpha value is -3.53. The molecule has 0 saturated carbocycles. The fraction of sp³-hybridized carbons (Fsp3) is 0.318. The molecular weight excluding hydrogens is 368 g/mol. The molecule has 0 aromatic heterocycles. The van der Waals surface area contributed by atoms with E-state index >= 15 is 0 Å². The van der Waals surface area contributed by atoms with Gasteiger partial charge in [-0.3, -0.25) is 4.79 Å². The van der Waals surface area contributed by atoms with Crippen molar-refractivity contribution in [3.63, 3.8) is 0 Å². The van der Waals surface area contributed by atoms with E-state index in [1.807, 2.05) is 56.3 Å². The minimum absolute atomic E-state index is 0.0748. The van der Waals surface area contributed by atoms with Gasteiger partial charge in [-0.15, -0.1) is 0 Å². The van der Waals surface area contributed by atoms with Gasteiger partial charge in [-0.2, -0.15) is 5.26 Å². The number of anilines is 1. The first-order valence-corrected chi connectivity index (χ1v) is 9.48. The molecule has 0 spiro atoms. The molecule has 7 nitrogen and oxygen atoms in total. The van der Waals surface area contributed by atoms with E-state index in [0.717, 1.165) is 11.1 Å². The second-order valence-electron chi connectivity index (χ2n) is 6.78. The van der Waals surface area contributed by atoms with Crippen LogP contribution in [0.2, 0.25) is 0 Å². The zero-order valence-corrected chi connectivity index (χ0v) is 16.7. The molecule has 2 rings (SSSR count). The number of carbonyl (C=O) groups excluding carboxylic acids is 2. The number of benzene rings is 2. The molecular formula is C22H26N4O3. The zero-order valence-electron chi connectivity index (χ0n) is 16.7. The average Bonchev–Trinajstić information content (AvgIpc) is 2.68. The summed E-state index contributed by atoms with van der Waals surface area (Å²) in [4.78, 5) is 23.7. The number of para-hydroxylation sites is 1. The second-order valence-corrected chi connectivity index (χ2v) is 6.78. The van der Waals surface area contributed by atoms with Gasteiger partial charge in [-0.05, 0) is 37.6 Å². The van der Waals surface area contributed by atoms with Crippen LogP contribution in [-0.2, 0) is 17.8 Å². The largest absolute Gasteiger partial charge is 0.489 e. The van der Waals surface area contributed by atoms with Gasteiger partial charge in [-0.1, -0.05) is 30.3 Å². The first-order valence-electron chi connectivity index (χ1n) is 9.48. The predicted octanol–water partition coefficient (Wildman–Crippen LogP) is 3.37. The van der Waals surface area contributed by atoms with Crippen LogP contribution in [0.4, 0.5) is 10.5 Å². The maximum atomic E-state index is 12.1. The van der Waals surface area contributed by atoms with Gasteiger partial charge in [0.15, 0.2) is 0 Å². The van der Waals surface area contributed by atoms with E-state index in [4.69, 9.17) is 10.00 Å². The Labute approximate surface area is 171 Å². The van der Waals surface area contributed by atoms with Gasteiger partial charge >= 0.3 is 6.03 Å². The highest BCUT2D eigenvalue weighted by Crippen LogP contribution is 2.19. The summed E-state index contributed by atoms with van der Waals surface area (Å²) in [6.07, 6.45) is 0.583. The van der Waals surface area contributed by atoms with E-state index < -0.39 is 0 Å². The highest BCUT2D eigenvalue weighted by molar-refractivity contribution is 5.90. The lowest BCUT2D eigenvalue weighted by Crippen LogP contribution is -2.35. The van der Waals surface area contributed by atoms with Crippen LogP contribution in [0.5, 0.6) is 5.75 Å². The lowest BCUT2D eigenvalue weighted by atomic mass is 10.1. The molecule has 0 fully saturated rings. The van der Waals surface area contributed by atoms with E-state index in [0.29, 0.717) is 17.9 Å². The zero-order chi connectivity index (χ0) is 21.1. The summed E-state index contributed by atoms with van der Waals surface area (Å²) >= 11 is 0. The maximum absolute atomic E-state index is 12.1. The standard InChI is InChI=1S/C22H26N4O3/c1-16(2)25-21(27)12-14-24-22(28)26-20-6-4-3-5-18(20)15-29-19-9-7-17(8-10-19)11-13-23/h3-10,16H,11-12,14-15H2,1-2H3,(H,25,27)(H2,24,26,28). The lowest BCUT2D eigenvalue weighted by molar-refractivity contribution is -0.121. The van der Waals surface area contributed by atoms with E-state index in [9.17, 15) is 9.59 Å². The Morgan fingerprint density at radius 2 is 1.83 bits per heavy atom. The highest BCUT2D eigenvalue weighted by Gasteiger charge is 2.08. The van der Waals surface area contributed by atoms with Gasteiger partial charge in [0, 0.05) is 30.3 Å². The molecule has 2 aromatic rings. The van der Waals surface area contributed by atoms with Gasteiger partial charge in [0.25, 0.3) is 0 Å². The molecule has 3 N–H and O–H groups in total. The third-order valence-electron chi connectivity index (χ3n) is 3.95. The quantitative estimate of drug-likeness (QED) is 0.607. The molecule has 0 aliphatic rings. The van der Waals surface area contributed by atoms with Crippen molar-refractivity contribution in [2.45, 2.75) is 39.3 Å². The van der Waals surface area contributed by atoms with Crippen LogP contribution in [0.15, 0.2) is 48.5 Å². The number of hydrogen-bond donors (Lipinski definition) is 3. The molecule has 0 bridgehead atoms. The van der Waals surface area contributed by atoms with Crippen LogP contribution in [0, 0.1) is 11.3 Å². The molecule has 0 aliphatic carbocycles. The average molecular weight is 394 g/mol. The molecule has 2 aromatic carbocycles. The molecule has 3 amide bonds. The summed E-state index contributed by atoms with van der Waals surface area (Å²) in [6.45, 7) is 4.30. The topological polar surface area (TPSA) is 103 Å². The van der Waals surface area contributed by atoms with Crippen molar-refractivity contribution >= 4 is 17.6 Å². The SMILES string of the molecule is CC(C)NC(=O)CCNC(=O)Nc1ccccc1COc1ccc(CC#N)cc1. The molecule has 0 radical (unpaired) electrons. The van der Waals surface area contributed by atoms with Gasteiger partial charge in [0.05, 0.1) is 12.5 Å². The number of ether oxygens (including phenoxy) is 1. The van der Waals surface area contributed by atoms with Gasteiger partial charge < -0.3 is 20.7 Å². The molecule has 0 atom stereocenters. The van der Waals surface area contributed by atoms with Crippen molar-refractivity contribution in [2.75, 3.05) is 11.9 Å². The second kappa shape index (κ2) is 11.3. The van der Waals surface area contributed by atoms with E-state index in [-0.39, 0.29) is 37.6 Å². The molecule has 29 heavy (non-hydrogen) atoms.